The van der Waals surface area contributed by atoms with Crippen molar-refractivity contribution in [1.29, 1.82) is 0 Å². The number of nitro benzene ring substituents is 1. The number of fused-ring (bicyclic) bond motifs is 1. The molecule has 1 N–H and O–H groups in total. The normalized spacial score (nSPS) is 10.8. The number of nitrogens with one attached hydrogen (secondary N) is 1. The van der Waals surface area contributed by atoms with Crippen LogP contribution in [0.2, 0.25) is 0 Å². The second kappa shape index (κ2) is 9.33. The number of carbonyl (C=O) groups is 1. The zero-order chi connectivity index (χ0) is 22.7. The molecule has 0 spiro atoms. The minimum Gasteiger partial charge on any atom is -0.490 e. The maximum absolute atomic E-state index is 12.6. The lowest BCUT2D eigenvalue weighted by atomic mass is 10.1. The number of hydrogen-bond acceptors (Lipinski definition) is 8. The van der Waals surface area contributed by atoms with E-state index >= 15 is 0 Å². The summed E-state index contributed by atoms with van der Waals surface area (Å²) in [7, 11) is 1.35. The molecule has 0 aliphatic rings. The first-order chi connectivity index (χ1) is 15.5. The number of ether oxygens (including phenoxy) is 1. The largest absolute Gasteiger partial charge is 0.490 e. The molecule has 8 nitrogen and oxygen atoms in total. The predicted octanol–water partition coefficient (Wildman–Crippen LogP) is 5.31. The fourth-order valence-electron chi connectivity index (χ4n) is 3.13. The predicted molar refractivity (Wildman–Crippen MR) is 127 cm³/mol. The Balaban J connectivity index is 1.50. The first-order valence-electron chi connectivity index (χ1n) is 9.52. The van der Waals surface area contributed by atoms with E-state index in [0.29, 0.717) is 11.3 Å². The molecular formula is C22H18N4O4S2. The molecule has 0 fully saturated rings. The number of carbonyl (C=O) groups excluding carboxylic acids is 1. The number of aryl methyl sites for hydroxylation is 1. The minimum atomic E-state index is -0.516. The van der Waals surface area contributed by atoms with Gasteiger partial charge in [-0.3, -0.25) is 14.9 Å². The van der Waals surface area contributed by atoms with Gasteiger partial charge in [-0.15, -0.1) is 11.3 Å². The molecule has 2 heterocycles. The number of nitro groups is 1. The zero-order valence-corrected chi connectivity index (χ0v) is 18.8. The number of thioether (sulfide) groups is 1. The van der Waals surface area contributed by atoms with Crippen molar-refractivity contribution in [2.75, 3.05) is 18.2 Å². The molecule has 162 valence electrons. The van der Waals surface area contributed by atoms with Gasteiger partial charge in [0.2, 0.25) is 5.91 Å². The van der Waals surface area contributed by atoms with Crippen molar-refractivity contribution in [2.24, 2.45) is 0 Å². The third-order valence-corrected chi connectivity index (χ3v) is 6.79. The van der Waals surface area contributed by atoms with Crippen molar-refractivity contribution in [3.05, 3.63) is 70.5 Å². The highest BCUT2D eigenvalue weighted by molar-refractivity contribution is 8.00. The van der Waals surface area contributed by atoms with Gasteiger partial charge < -0.3 is 10.1 Å². The van der Waals surface area contributed by atoms with Gasteiger partial charge in [0, 0.05) is 28.1 Å². The van der Waals surface area contributed by atoms with E-state index < -0.39 is 4.92 Å². The van der Waals surface area contributed by atoms with Crippen molar-refractivity contribution in [3.8, 4) is 16.2 Å². The van der Waals surface area contributed by atoms with Crippen LogP contribution in [0.5, 0.6) is 5.75 Å². The van der Waals surface area contributed by atoms with Crippen LogP contribution in [0.15, 0.2) is 59.9 Å². The number of nitrogens with zero attached hydrogens (tertiary/aromatic N) is 3. The third-order valence-electron chi connectivity index (χ3n) is 4.69. The number of rotatable bonds is 7. The maximum atomic E-state index is 12.6. The van der Waals surface area contributed by atoms with E-state index in [1.165, 1.54) is 37.3 Å². The average molecular weight is 467 g/mol. The number of methoxy groups -OCH3 is 1. The number of aromatic nitrogens is 2. The highest BCUT2D eigenvalue weighted by atomic mass is 32.2. The van der Waals surface area contributed by atoms with Gasteiger partial charge in [-0.1, -0.05) is 42.1 Å². The van der Waals surface area contributed by atoms with Gasteiger partial charge in [0.05, 0.1) is 17.8 Å². The van der Waals surface area contributed by atoms with E-state index in [4.69, 9.17) is 4.74 Å². The van der Waals surface area contributed by atoms with Crippen LogP contribution in [0.1, 0.15) is 5.56 Å². The van der Waals surface area contributed by atoms with Crippen LogP contribution in [0.3, 0.4) is 0 Å². The molecule has 4 rings (SSSR count). The fourth-order valence-corrected chi connectivity index (χ4v) is 4.97. The number of thiophene rings is 1. The van der Waals surface area contributed by atoms with Crippen LogP contribution in [0, 0.1) is 17.0 Å². The molecular weight excluding hydrogens is 448 g/mol. The van der Waals surface area contributed by atoms with Gasteiger partial charge in [0.15, 0.2) is 5.75 Å². The van der Waals surface area contributed by atoms with Crippen LogP contribution < -0.4 is 10.1 Å². The van der Waals surface area contributed by atoms with E-state index in [1.54, 1.807) is 18.3 Å². The molecule has 0 unspecified atom stereocenters. The lowest BCUT2D eigenvalue weighted by molar-refractivity contribution is -0.385. The lowest BCUT2D eigenvalue weighted by Gasteiger charge is -2.10. The minimum absolute atomic E-state index is 0.0905. The lowest BCUT2D eigenvalue weighted by Crippen LogP contribution is -2.15. The van der Waals surface area contributed by atoms with Gasteiger partial charge in [-0.05, 0) is 24.1 Å². The highest BCUT2D eigenvalue weighted by Crippen LogP contribution is 2.36. The SMILES string of the molecule is COc1cc(NC(=O)CSc2ncnc3sc(-c4ccccc4)cc23)c(C)cc1[N+](=O)[O-]. The van der Waals surface area contributed by atoms with E-state index in [2.05, 4.69) is 15.3 Å². The topological polar surface area (TPSA) is 107 Å². The Bertz CT molecular complexity index is 1310. The molecule has 1 amide bonds. The van der Waals surface area contributed by atoms with Crippen molar-refractivity contribution in [1.82, 2.24) is 9.97 Å². The molecule has 10 heteroatoms. The Morgan fingerprint density at radius 3 is 2.72 bits per heavy atom. The molecule has 2 aromatic carbocycles. The molecule has 2 aromatic heterocycles. The second-order valence-corrected chi connectivity index (χ2v) is 8.80. The van der Waals surface area contributed by atoms with Crippen molar-refractivity contribution in [2.45, 2.75) is 11.9 Å². The summed E-state index contributed by atoms with van der Waals surface area (Å²) in [5.41, 5.74) is 2.00. The van der Waals surface area contributed by atoms with Crippen LogP contribution in [-0.2, 0) is 4.79 Å². The number of anilines is 1. The number of benzene rings is 2. The summed E-state index contributed by atoms with van der Waals surface area (Å²) in [4.78, 5) is 33.9. The van der Waals surface area contributed by atoms with Crippen LogP contribution in [0.25, 0.3) is 20.7 Å². The van der Waals surface area contributed by atoms with Crippen LogP contribution >= 0.6 is 23.1 Å². The zero-order valence-electron chi connectivity index (χ0n) is 17.2. The summed E-state index contributed by atoms with van der Waals surface area (Å²) >= 11 is 2.89. The molecule has 32 heavy (non-hydrogen) atoms. The monoisotopic (exact) mass is 466 g/mol. The second-order valence-electron chi connectivity index (χ2n) is 6.81. The molecule has 0 radical (unpaired) electrons. The Labute approximate surface area is 191 Å². The Kier molecular flexibility index (Phi) is 6.33. The van der Waals surface area contributed by atoms with Gasteiger partial charge in [-0.2, -0.15) is 0 Å². The molecule has 0 saturated carbocycles. The standard InChI is InChI=1S/C22H18N4O4S2/c1-13-8-17(26(28)29)18(30-2)10-16(13)25-20(27)11-31-21-15-9-19(14-6-4-3-5-7-14)32-22(15)24-12-23-21/h3-10,12H,11H2,1-2H3,(H,25,27). The summed E-state index contributed by atoms with van der Waals surface area (Å²) in [6.45, 7) is 1.69. The third kappa shape index (κ3) is 4.56. The van der Waals surface area contributed by atoms with E-state index in [9.17, 15) is 14.9 Å². The molecule has 0 bridgehead atoms. The molecule has 4 aromatic rings. The summed E-state index contributed by atoms with van der Waals surface area (Å²) in [5.74, 6) is -0.0338. The summed E-state index contributed by atoms with van der Waals surface area (Å²) in [6, 6.07) is 14.9. The molecule has 0 aliphatic heterocycles. The quantitative estimate of drug-likeness (QED) is 0.170. The Hall–Kier alpha value is -3.50. The van der Waals surface area contributed by atoms with Gasteiger partial charge in [0.25, 0.3) is 0 Å². The Morgan fingerprint density at radius 2 is 2.00 bits per heavy atom. The summed E-state index contributed by atoms with van der Waals surface area (Å²) in [5, 5.41) is 15.6. The number of amides is 1. The van der Waals surface area contributed by atoms with Gasteiger partial charge in [-0.25, -0.2) is 9.97 Å². The van der Waals surface area contributed by atoms with Crippen molar-refractivity contribution >= 4 is 50.6 Å². The van der Waals surface area contributed by atoms with Gasteiger partial charge >= 0.3 is 5.69 Å². The fraction of sp³-hybridized carbons (Fsp3) is 0.136. The van der Waals surface area contributed by atoms with Crippen molar-refractivity contribution < 1.29 is 14.5 Å². The highest BCUT2D eigenvalue weighted by Gasteiger charge is 2.19. The molecule has 0 aliphatic carbocycles. The van der Waals surface area contributed by atoms with Crippen LogP contribution in [-0.4, -0.2) is 33.7 Å². The van der Waals surface area contributed by atoms with E-state index in [0.717, 1.165) is 25.7 Å². The molecule has 0 saturated heterocycles. The maximum Gasteiger partial charge on any atom is 0.311 e. The average Bonchev–Trinajstić information content (AvgIpc) is 3.24. The van der Waals surface area contributed by atoms with E-state index in [1.807, 2.05) is 36.4 Å². The smallest absolute Gasteiger partial charge is 0.311 e. The Morgan fingerprint density at radius 1 is 1.22 bits per heavy atom. The van der Waals surface area contributed by atoms with Gasteiger partial charge in [0.1, 0.15) is 16.2 Å². The summed E-state index contributed by atoms with van der Waals surface area (Å²) in [6.07, 6.45) is 1.50. The van der Waals surface area contributed by atoms with Crippen molar-refractivity contribution in [3.63, 3.8) is 0 Å². The van der Waals surface area contributed by atoms with E-state index in [-0.39, 0.29) is 23.1 Å². The number of hydrogen-bond donors (Lipinski definition) is 1. The summed E-state index contributed by atoms with van der Waals surface area (Å²) < 4.78 is 5.09. The first-order valence-corrected chi connectivity index (χ1v) is 11.3. The van der Waals surface area contributed by atoms with Crippen LogP contribution in [0.4, 0.5) is 11.4 Å². The molecule has 0 atom stereocenters. The first kappa shape index (κ1) is 21.7.